The summed E-state index contributed by atoms with van der Waals surface area (Å²) < 4.78 is 43.7. The quantitative estimate of drug-likeness (QED) is 0.305. The zero-order valence-corrected chi connectivity index (χ0v) is 21.3. The SMILES string of the molecule is CC#CCOc1ccc(S(=O)(=O)NC(C(=O)O)c2ccc(OCCNC(=O)OC(C)(C)C)cc2)cc1. The summed E-state index contributed by atoms with van der Waals surface area (Å²) in [6, 6.07) is 9.96. The van der Waals surface area contributed by atoms with E-state index in [1.165, 1.54) is 48.5 Å². The van der Waals surface area contributed by atoms with Gasteiger partial charge in [-0.25, -0.2) is 13.2 Å². The summed E-state index contributed by atoms with van der Waals surface area (Å²) in [5, 5.41) is 12.2. The lowest BCUT2D eigenvalue weighted by Gasteiger charge is -2.19. The first-order valence-electron chi connectivity index (χ1n) is 11.0. The zero-order chi connectivity index (χ0) is 26.8. The van der Waals surface area contributed by atoms with Gasteiger partial charge in [-0.05, 0) is 69.7 Å². The predicted octanol–water partition coefficient (Wildman–Crippen LogP) is 3.10. The predicted molar refractivity (Wildman–Crippen MR) is 132 cm³/mol. The fourth-order valence-electron chi connectivity index (χ4n) is 2.78. The number of hydrogen-bond acceptors (Lipinski definition) is 7. The summed E-state index contributed by atoms with van der Waals surface area (Å²) in [5.74, 6) is 4.90. The van der Waals surface area contributed by atoms with Crippen LogP contribution in [-0.4, -0.2) is 50.9 Å². The number of carboxylic acid groups (broad SMARTS) is 1. The molecule has 0 bridgehead atoms. The third-order valence-electron chi connectivity index (χ3n) is 4.39. The molecule has 0 fully saturated rings. The van der Waals surface area contributed by atoms with Crippen molar-refractivity contribution in [2.75, 3.05) is 19.8 Å². The molecule has 1 atom stereocenters. The number of alkyl carbamates (subject to hydrolysis) is 1. The molecule has 10 nitrogen and oxygen atoms in total. The van der Waals surface area contributed by atoms with Crippen LogP contribution in [0.4, 0.5) is 4.79 Å². The number of carbonyl (C=O) groups is 2. The van der Waals surface area contributed by atoms with E-state index in [9.17, 15) is 23.1 Å². The molecule has 1 amide bonds. The number of benzene rings is 2. The zero-order valence-electron chi connectivity index (χ0n) is 20.5. The number of aliphatic carboxylic acids is 1. The van der Waals surface area contributed by atoms with E-state index in [2.05, 4.69) is 21.9 Å². The van der Waals surface area contributed by atoms with Crippen LogP contribution in [-0.2, 0) is 19.6 Å². The van der Waals surface area contributed by atoms with E-state index in [1.807, 2.05) is 0 Å². The number of hydrogen-bond donors (Lipinski definition) is 3. The van der Waals surface area contributed by atoms with Crippen molar-refractivity contribution in [3.8, 4) is 23.3 Å². The second-order valence-electron chi connectivity index (χ2n) is 8.43. The van der Waals surface area contributed by atoms with Crippen molar-refractivity contribution >= 4 is 22.1 Å². The van der Waals surface area contributed by atoms with Gasteiger partial charge in [0.1, 0.15) is 36.4 Å². The van der Waals surface area contributed by atoms with E-state index < -0.39 is 33.7 Å². The van der Waals surface area contributed by atoms with Gasteiger partial charge in [0.25, 0.3) is 0 Å². The second-order valence-corrected chi connectivity index (χ2v) is 10.1. The van der Waals surface area contributed by atoms with Crippen LogP contribution in [0.2, 0.25) is 0 Å². The number of carbonyl (C=O) groups excluding carboxylic acids is 1. The third kappa shape index (κ3) is 9.48. The van der Waals surface area contributed by atoms with Gasteiger partial charge in [-0.15, -0.1) is 5.92 Å². The maximum atomic E-state index is 12.8. The molecule has 3 N–H and O–H groups in total. The average Bonchev–Trinajstić information content (AvgIpc) is 2.80. The van der Waals surface area contributed by atoms with Gasteiger partial charge >= 0.3 is 12.1 Å². The number of ether oxygens (including phenoxy) is 3. The Kier molecular flexibility index (Phi) is 10.1. The van der Waals surface area contributed by atoms with Gasteiger partial charge < -0.3 is 24.6 Å². The van der Waals surface area contributed by atoms with E-state index in [4.69, 9.17) is 14.2 Å². The van der Waals surface area contributed by atoms with E-state index in [0.29, 0.717) is 11.5 Å². The largest absolute Gasteiger partial charge is 0.492 e. The summed E-state index contributed by atoms with van der Waals surface area (Å²) in [4.78, 5) is 23.3. The van der Waals surface area contributed by atoms with Crippen LogP contribution in [0.1, 0.15) is 39.3 Å². The Labute approximate surface area is 211 Å². The van der Waals surface area contributed by atoms with Crippen molar-refractivity contribution in [1.29, 1.82) is 0 Å². The second kappa shape index (κ2) is 12.8. The van der Waals surface area contributed by atoms with Crippen molar-refractivity contribution in [1.82, 2.24) is 10.0 Å². The van der Waals surface area contributed by atoms with Crippen LogP contribution < -0.4 is 19.5 Å². The monoisotopic (exact) mass is 518 g/mol. The molecular formula is C25H30N2O8S. The molecule has 2 aromatic carbocycles. The molecule has 0 heterocycles. The lowest BCUT2D eigenvalue weighted by Crippen LogP contribution is -2.34. The molecule has 0 saturated carbocycles. The molecule has 2 rings (SSSR count). The normalized spacial score (nSPS) is 12.0. The maximum absolute atomic E-state index is 12.8. The molecular weight excluding hydrogens is 488 g/mol. The van der Waals surface area contributed by atoms with Crippen LogP contribution in [0.15, 0.2) is 53.4 Å². The average molecular weight is 519 g/mol. The summed E-state index contributed by atoms with van der Waals surface area (Å²) in [7, 11) is -4.14. The minimum absolute atomic E-state index is 0.111. The van der Waals surface area contributed by atoms with Gasteiger partial charge in [-0.1, -0.05) is 18.1 Å². The van der Waals surface area contributed by atoms with Gasteiger partial charge in [0, 0.05) is 0 Å². The molecule has 0 aromatic heterocycles. The van der Waals surface area contributed by atoms with Gasteiger partial charge in [0.05, 0.1) is 11.4 Å². The minimum atomic E-state index is -4.14. The van der Waals surface area contributed by atoms with Crippen LogP contribution in [0.25, 0.3) is 0 Å². The molecule has 0 spiro atoms. The summed E-state index contributed by atoms with van der Waals surface area (Å²) in [6.45, 7) is 7.46. The molecule has 194 valence electrons. The Bertz CT molecular complexity index is 1190. The summed E-state index contributed by atoms with van der Waals surface area (Å²) in [6.07, 6.45) is -0.564. The van der Waals surface area contributed by atoms with E-state index >= 15 is 0 Å². The minimum Gasteiger partial charge on any atom is -0.492 e. The van der Waals surface area contributed by atoms with Crippen LogP contribution in [0.5, 0.6) is 11.5 Å². The lowest BCUT2D eigenvalue weighted by atomic mass is 10.1. The van der Waals surface area contributed by atoms with Crippen molar-refractivity contribution in [2.45, 2.75) is 44.2 Å². The first-order chi connectivity index (χ1) is 16.9. The highest BCUT2D eigenvalue weighted by Gasteiger charge is 2.27. The number of amides is 1. The number of nitrogens with one attached hydrogen (secondary N) is 2. The molecule has 0 radical (unpaired) electrons. The molecule has 0 aliphatic rings. The smallest absolute Gasteiger partial charge is 0.407 e. The van der Waals surface area contributed by atoms with Gasteiger partial charge in [-0.2, -0.15) is 4.72 Å². The van der Waals surface area contributed by atoms with Gasteiger partial charge in [0.2, 0.25) is 10.0 Å². The Hall–Kier alpha value is -3.75. The summed E-state index contributed by atoms with van der Waals surface area (Å²) >= 11 is 0. The van der Waals surface area contributed by atoms with Crippen molar-refractivity contribution < 1.29 is 37.3 Å². The van der Waals surface area contributed by atoms with E-state index in [1.54, 1.807) is 27.7 Å². The van der Waals surface area contributed by atoms with Gasteiger partial charge in [0.15, 0.2) is 0 Å². The number of rotatable bonds is 11. The molecule has 36 heavy (non-hydrogen) atoms. The third-order valence-corrected chi connectivity index (χ3v) is 5.83. The fourth-order valence-corrected chi connectivity index (χ4v) is 3.96. The van der Waals surface area contributed by atoms with Gasteiger partial charge in [-0.3, -0.25) is 4.79 Å². The van der Waals surface area contributed by atoms with E-state index in [0.717, 1.165) is 0 Å². The van der Waals surface area contributed by atoms with Crippen LogP contribution >= 0.6 is 0 Å². The van der Waals surface area contributed by atoms with E-state index in [-0.39, 0.29) is 30.2 Å². The molecule has 11 heteroatoms. The topological polar surface area (TPSA) is 140 Å². The summed E-state index contributed by atoms with van der Waals surface area (Å²) in [5.41, 5.74) is -0.395. The Morgan fingerprint density at radius 1 is 1.00 bits per heavy atom. The molecule has 2 aromatic rings. The highest BCUT2D eigenvalue weighted by atomic mass is 32.2. The standard InChI is InChI=1S/C25H30N2O8S/c1-5-6-16-33-20-11-13-21(14-12-20)36(31,32)27-22(23(28)29)18-7-9-19(10-8-18)34-17-15-26-24(30)35-25(2,3)4/h7-14,22,27H,15-17H2,1-4H3,(H,26,30)(H,28,29). The molecule has 1 unspecified atom stereocenters. The van der Waals surface area contributed by atoms with Crippen molar-refractivity contribution in [3.05, 3.63) is 54.1 Å². The van der Waals surface area contributed by atoms with Crippen molar-refractivity contribution in [3.63, 3.8) is 0 Å². The molecule has 0 aliphatic carbocycles. The lowest BCUT2D eigenvalue weighted by molar-refractivity contribution is -0.139. The number of carboxylic acids is 1. The Morgan fingerprint density at radius 2 is 1.58 bits per heavy atom. The molecule has 0 saturated heterocycles. The molecule has 0 aliphatic heterocycles. The van der Waals surface area contributed by atoms with Crippen molar-refractivity contribution in [2.24, 2.45) is 0 Å². The first kappa shape index (κ1) is 28.5. The first-order valence-corrected chi connectivity index (χ1v) is 12.5. The Morgan fingerprint density at radius 3 is 2.14 bits per heavy atom. The highest BCUT2D eigenvalue weighted by molar-refractivity contribution is 7.89. The van der Waals surface area contributed by atoms with Crippen LogP contribution in [0, 0.1) is 11.8 Å². The fraction of sp³-hybridized carbons (Fsp3) is 0.360. The maximum Gasteiger partial charge on any atom is 0.407 e. The highest BCUT2D eigenvalue weighted by Crippen LogP contribution is 2.22. The number of sulfonamides is 1. The Balaban J connectivity index is 1.98. The van der Waals surface area contributed by atoms with Crippen LogP contribution in [0.3, 0.4) is 0 Å².